The summed E-state index contributed by atoms with van der Waals surface area (Å²) in [4.78, 5) is 19.6. The maximum Gasteiger partial charge on any atom is 0.323 e. The van der Waals surface area contributed by atoms with E-state index in [4.69, 9.17) is 4.99 Å². The molecule has 2 atom stereocenters. The molecule has 23 heavy (non-hydrogen) atoms. The van der Waals surface area contributed by atoms with Gasteiger partial charge in [-0.25, -0.2) is 4.79 Å². The van der Waals surface area contributed by atoms with Crippen molar-refractivity contribution in [1.82, 2.24) is 15.5 Å². The number of rotatable bonds is 3. The largest absolute Gasteiger partial charge is 0.323 e. The van der Waals surface area contributed by atoms with Gasteiger partial charge in [0, 0.05) is 12.6 Å². The Labute approximate surface area is 139 Å². The van der Waals surface area contributed by atoms with E-state index in [2.05, 4.69) is 24.1 Å². The third-order valence-corrected chi connectivity index (χ3v) is 5.42. The zero-order valence-corrected chi connectivity index (χ0v) is 14.5. The molecule has 0 aromatic heterocycles. The van der Waals surface area contributed by atoms with E-state index in [1.807, 2.05) is 11.8 Å². The number of amidine groups is 1. The summed E-state index contributed by atoms with van der Waals surface area (Å²) in [5.74, 6) is 0.920. The minimum atomic E-state index is -0.266. The zero-order chi connectivity index (χ0) is 16.4. The second-order valence-electron chi connectivity index (χ2n) is 7.58. The van der Waals surface area contributed by atoms with E-state index in [1.165, 1.54) is 19.3 Å². The van der Waals surface area contributed by atoms with E-state index in [-0.39, 0.29) is 11.6 Å². The number of amides is 2. The van der Waals surface area contributed by atoms with Crippen molar-refractivity contribution in [1.29, 1.82) is 0 Å². The van der Waals surface area contributed by atoms with Crippen LogP contribution in [0.25, 0.3) is 0 Å². The third-order valence-electron chi connectivity index (χ3n) is 5.42. The molecule has 128 valence electrons. The molecule has 2 amide bonds. The van der Waals surface area contributed by atoms with E-state index in [1.54, 1.807) is 0 Å². The van der Waals surface area contributed by atoms with Gasteiger partial charge >= 0.3 is 6.03 Å². The fourth-order valence-electron chi connectivity index (χ4n) is 4.31. The van der Waals surface area contributed by atoms with Crippen molar-refractivity contribution in [3.63, 3.8) is 0 Å². The first kappa shape index (κ1) is 16.5. The van der Waals surface area contributed by atoms with Crippen molar-refractivity contribution in [3.05, 3.63) is 12.2 Å². The van der Waals surface area contributed by atoms with Gasteiger partial charge in [-0.1, -0.05) is 31.4 Å². The summed E-state index contributed by atoms with van der Waals surface area (Å²) < 4.78 is 0. The van der Waals surface area contributed by atoms with Crippen LogP contribution in [0.1, 0.15) is 58.8 Å². The average Bonchev–Trinajstić information content (AvgIpc) is 2.73. The van der Waals surface area contributed by atoms with Gasteiger partial charge in [0.2, 0.25) is 0 Å². The van der Waals surface area contributed by atoms with Crippen LogP contribution < -0.4 is 10.6 Å². The number of hydrogen-bond acceptors (Lipinski definition) is 3. The Bertz CT molecular complexity index is 509. The number of nitrogens with zero attached hydrogens (tertiary/aromatic N) is 2. The first-order chi connectivity index (χ1) is 11.0. The van der Waals surface area contributed by atoms with Gasteiger partial charge in [0.15, 0.2) is 0 Å². The first-order valence-electron chi connectivity index (χ1n) is 9.06. The quantitative estimate of drug-likeness (QED) is 0.786. The van der Waals surface area contributed by atoms with E-state index >= 15 is 0 Å². The molecule has 3 fully saturated rings. The Morgan fingerprint density at radius 1 is 1.39 bits per heavy atom. The summed E-state index contributed by atoms with van der Waals surface area (Å²) in [5.41, 5.74) is 0.752. The summed E-state index contributed by atoms with van der Waals surface area (Å²) in [6.45, 7) is 9.73. The van der Waals surface area contributed by atoms with Crippen LogP contribution in [0.2, 0.25) is 0 Å². The van der Waals surface area contributed by atoms with Crippen molar-refractivity contribution in [3.8, 4) is 0 Å². The van der Waals surface area contributed by atoms with Crippen LogP contribution in [0.3, 0.4) is 0 Å². The molecule has 2 heterocycles. The number of carbonyl (C=O) groups is 1. The standard InChI is InChI=1S/C18H30N4O/c1-13(2)12-22-17(23)21-16(20-15-7-5-4-6-8-15)18(22)9-10-19-14(3)11-18/h14-15,19H,1,4-12H2,2-3H3,(H,20,21,23). The minimum absolute atomic E-state index is 0.00309. The van der Waals surface area contributed by atoms with Crippen LogP contribution in [0.5, 0.6) is 0 Å². The topological polar surface area (TPSA) is 56.7 Å². The molecule has 2 saturated heterocycles. The molecule has 0 aromatic rings. The predicted octanol–water partition coefficient (Wildman–Crippen LogP) is 2.83. The highest BCUT2D eigenvalue weighted by atomic mass is 16.2. The van der Waals surface area contributed by atoms with Gasteiger partial charge in [0.1, 0.15) is 11.4 Å². The summed E-state index contributed by atoms with van der Waals surface area (Å²) in [7, 11) is 0. The Morgan fingerprint density at radius 2 is 2.13 bits per heavy atom. The molecule has 1 spiro atoms. The van der Waals surface area contributed by atoms with E-state index in [9.17, 15) is 4.79 Å². The summed E-state index contributed by atoms with van der Waals surface area (Å²) in [6.07, 6.45) is 8.00. The van der Waals surface area contributed by atoms with Crippen LogP contribution in [0.15, 0.2) is 17.1 Å². The molecule has 0 radical (unpaired) electrons. The number of nitrogens with one attached hydrogen (secondary N) is 2. The number of urea groups is 1. The number of carbonyl (C=O) groups excluding carboxylic acids is 1. The maximum absolute atomic E-state index is 12.6. The molecule has 0 bridgehead atoms. The van der Waals surface area contributed by atoms with Gasteiger partial charge in [-0.15, -0.1) is 0 Å². The molecular weight excluding hydrogens is 288 g/mol. The van der Waals surface area contributed by atoms with Crippen LogP contribution in [0, 0.1) is 0 Å². The normalized spacial score (nSPS) is 34.2. The maximum atomic E-state index is 12.6. The van der Waals surface area contributed by atoms with Crippen molar-refractivity contribution in [2.45, 2.75) is 76.4 Å². The summed E-state index contributed by atoms with van der Waals surface area (Å²) >= 11 is 0. The molecule has 2 N–H and O–H groups in total. The molecule has 3 rings (SSSR count). The highest BCUT2D eigenvalue weighted by Gasteiger charge is 2.52. The van der Waals surface area contributed by atoms with E-state index in [0.29, 0.717) is 18.6 Å². The van der Waals surface area contributed by atoms with E-state index < -0.39 is 0 Å². The lowest BCUT2D eigenvalue weighted by Crippen LogP contribution is -2.58. The number of piperidine rings is 1. The number of aliphatic imine (C=N–C) groups is 1. The Hall–Kier alpha value is -1.36. The molecule has 2 aliphatic heterocycles. The van der Waals surface area contributed by atoms with Gasteiger partial charge in [0.05, 0.1) is 6.04 Å². The lowest BCUT2D eigenvalue weighted by molar-refractivity contribution is 0.146. The van der Waals surface area contributed by atoms with Gasteiger partial charge in [-0.3, -0.25) is 10.3 Å². The first-order valence-corrected chi connectivity index (χ1v) is 9.06. The third kappa shape index (κ3) is 3.30. The van der Waals surface area contributed by atoms with Crippen LogP contribution in [-0.4, -0.2) is 47.5 Å². The van der Waals surface area contributed by atoms with Crippen molar-refractivity contribution in [2.24, 2.45) is 4.99 Å². The Morgan fingerprint density at radius 3 is 2.78 bits per heavy atom. The fraction of sp³-hybridized carbons (Fsp3) is 0.778. The summed E-state index contributed by atoms with van der Waals surface area (Å²) in [6, 6.07) is 0.767. The lowest BCUT2D eigenvalue weighted by atomic mass is 9.82. The minimum Gasteiger partial charge on any atom is -0.314 e. The zero-order valence-electron chi connectivity index (χ0n) is 14.5. The van der Waals surface area contributed by atoms with Crippen LogP contribution >= 0.6 is 0 Å². The van der Waals surface area contributed by atoms with Crippen LogP contribution in [0.4, 0.5) is 4.79 Å². The molecule has 0 aromatic carbocycles. The lowest BCUT2D eigenvalue weighted by Gasteiger charge is -2.43. The van der Waals surface area contributed by atoms with Gasteiger partial charge in [0.25, 0.3) is 0 Å². The number of hydrogen-bond donors (Lipinski definition) is 2. The van der Waals surface area contributed by atoms with Gasteiger partial charge < -0.3 is 10.2 Å². The summed E-state index contributed by atoms with van der Waals surface area (Å²) in [5, 5.41) is 6.61. The highest BCUT2D eigenvalue weighted by molar-refractivity contribution is 6.10. The molecule has 5 nitrogen and oxygen atoms in total. The molecule has 3 aliphatic rings. The van der Waals surface area contributed by atoms with Crippen molar-refractivity contribution < 1.29 is 4.79 Å². The van der Waals surface area contributed by atoms with Crippen LogP contribution in [-0.2, 0) is 0 Å². The Balaban J connectivity index is 1.91. The SMILES string of the molecule is C=C(C)CN1C(=O)NC(=NC2CCCCC2)C12CCNC(C)C2. The molecule has 1 saturated carbocycles. The second-order valence-corrected chi connectivity index (χ2v) is 7.58. The van der Waals surface area contributed by atoms with Crippen molar-refractivity contribution in [2.75, 3.05) is 13.1 Å². The molecular formula is C18H30N4O. The second kappa shape index (κ2) is 6.63. The molecule has 2 unspecified atom stereocenters. The van der Waals surface area contributed by atoms with Gasteiger partial charge in [-0.2, -0.15) is 0 Å². The highest BCUT2D eigenvalue weighted by Crippen LogP contribution is 2.35. The Kier molecular flexibility index (Phi) is 4.76. The average molecular weight is 318 g/mol. The molecule has 5 heteroatoms. The van der Waals surface area contributed by atoms with Crippen molar-refractivity contribution >= 4 is 11.9 Å². The van der Waals surface area contributed by atoms with Gasteiger partial charge in [-0.05, 0) is 46.1 Å². The monoisotopic (exact) mass is 318 g/mol. The van der Waals surface area contributed by atoms with E-state index in [0.717, 1.165) is 43.6 Å². The fourth-order valence-corrected chi connectivity index (χ4v) is 4.31. The smallest absolute Gasteiger partial charge is 0.314 e. The molecule has 1 aliphatic carbocycles. The predicted molar refractivity (Wildman–Crippen MR) is 93.8 cm³/mol.